The van der Waals surface area contributed by atoms with Gasteiger partial charge in [0.1, 0.15) is 17.2 Å². The second-order valence-corrected chi connectivity index (χ2v) is 12.3. The Morgan fingerprint density at radius 1 is 0.633 bits per heavy atom. The summed E-state index contributed by atoms with van der Waals surface area (Å²) in [5, 5.41) is 13.2. The lowest BCUT2D eigenvalue weighted by atomic mass is 10.2. The molecule has 60 heavy (non-hydrogen) atoms. The topological polar surface area (TPSA) is 147 Å². The molecule has 13 nitrogen and oxygen atoms in total. The van der Waals surface area contributed by atoms with Crippen molar-refractivity contribution in [3.8, 4) is 34.9 Å². The molecule has 0 atom stereocenters. The maximum absolute atomic E-state index is 12.7. The number of nitrogens with zero attached hydrogens (tertiary/aromatic N) is 5. The normalized spacial score (nSPS) is 11.4. The molecule has 2 N–H and O–H groups in total. The van der Waals surface area contributed by atoms with Crippen molar-refractivity contribution < 1.29 is 68.2 Å². The van der Waals surface area contributed by atoms with Gasteiger partial charge in [-0.1, -0.05) is 18.2 Å². The molecular weight excluding hydrogens is 845 g/mol. The molecule has 3 aromatic heterocycles. The van der Waals surface area contributed by atoms with Crippen molar-refractivity contribution in [2.75, 3.05) is 6.61 Å². The first kappa shape index (κ1) is 46.1. The van der Waals surface area contributed by atoms with Gasteiger partial charge in [0.15, 0.2) is 0 Å². The van der Waals surface area contributed by atoms with Gasteiger partial charge < -0.3 is 14.2 Å². The third kappa shape index (κ3) is 13.5. The Bertz CT molecular complexity index is 2390. The van der Waals surface area contributed by atoms with E-state index in [4.69, 9.17) is 30.6 Å². The van der Waals surface area contributed by atoms with E-state index in [9.17, 15) is 49.1 Å². The molecule has 0 saturated carbocycles. The molecule has 0 aliphatic carbocycles. The minimum absolute atomic E-state index is 0.00604. The van der Waals surface area contributed by atoms with Crippen LogP contribution in [0.2, 0.25) is 0 Å². The molecule has 0 spiro atoms. The molecule has 0 aliphatic rings. The lowest BCUT2D eigenvalue weighted by Crippen LogP contribution is -2.30. The van der Waals surface area contributed by atoms with Gasteiger partial charge in [-0.2, -0.15) is 48.9 Å². The highest BCUT2D eigenvalue weighted by molar-refractivity contribution is 6.63. The summed E-state index contributed by atoms with van der Waals surface area (Å²) in [5.74, 6) is 0.249. The van der Waals surface area contributed by atoms with Gasteiger partial charge in [-0.3, -0.25) is 14.7 Å². The summed E-state index contributed by atoms with van der Waals surface area (Å²) in [6, 6.07) is 17.2. The SMILES string of the molecule is CCONC(=O)n1nc(Oc2cccc(C(F)(F)F)c2)cc1C.Cc1cc(Oc2cccc(C(F)(F)F)c2)n[nH]1.Cc1cc(Oc2cccc(C(F)(F)F)c2)nn1C(=O)Cl. The van der Waals surface area contributed by atoms with Crippen LogP contribution in [-0.2, 0) is 23.4 Å². The van der Waals surface area contributed by atoms with E-state index in [2.05, 4.69) is 25.9 Å². The number of alkyl halides is 9. The van der Waals surface area contributed by atoms with Crippen LogP contribution in [-0.4, -0.2) is 47.8 Å². The molecule has 6 aromatic rings. The van der Waals surface area contributed by atoms with E-state index in [-0.39, 0.29) is 41.5 Å². The van der Waals surface area contributed by atoms with Crippen LogP contribution in [0.3, 0.4) is 0 Å². The first-order chi connectivity index (χ1) is 28.0. The van der Waals surface area contributed by atoms with Crippen LogP contribution < -0.4 is 19.7 Å². The molecule has 23 heteroatoms. The molecule has 0 aliphatic heterocycles. The highest BCUT2D eigenvalue weighted by Gasteiger charge is 2.32. The molecule has 0 unspecified atom stereocenters. The Labute approximate surface area is 338 Å². The summed E-state index contributed by atoms with van der Waals surface area (Å²) in [6.07, 6.45) is -13.3. The van der Waals surface area contributed by atoms with Gasteiger partial charge >= 0.3 is 29.9 Å². The summed E-state index contributed by atoms with van der Waals surface area (Å²) in [4.78, 5) is 27.5. The number of hydroxylamine groups is 1. The van der Waals surface area contributed by atoms with Crippen molar-refractivity contribution in [3.05, 3.63) is 125 Å². The molecule has 6 rings (SSSR count). The van der Waals surface area contributed by atoms with E-state index in [1.807, 2.05) is 0 Å². The number of hydrogen-bond donors (Lipinski definition) is 2. The van der Waals surface area contributed by atoms with Crippen LogP contribution in [0.5, 0.6) is 34.9 Å². The number of rotatable bonds is 8. The Morgan fingerprint density at radius 2 is 1.03 bits per heavy atom. The van der Waals surface area contributed by atoms with Gasteiger partial charge in [-0.25, -0.2) is 10.3 Å². The monoisotopic (exact) mass is 875 g/mol. The van der Waals surface area contributed by atoms with Crippen molar-refractivity contribution in [2.24, 2.45) is 0 Å². The average molecular weight is 876 g/mol. The average Bonchev–Trinajstić information content (AvgIpc) is 3.87. The molecule has 3 aromatic carbocycles. The second kappa shape index (κ2) is 19.5. The van der Waals surface area contributed by atoms with E-state index in [0.717, 1.165) is 51.5 Å². The molecule has 320 valence electrons. The molecule has 3 heterocycles. The highest BCUT2D eigenvalue weighted by Crippen LogP contribution is 2.35. The predicted molar refractivity (Wildman–Crippen MR) is 194 cm³/mol. The van der Waals surface area contributed by atoms with E-state index in [1.54, 1.807) is 33.8 Å². The summed E-state index contributed by atoms with van der Waals surface area (Å²) < 4.78 is 130. The van der Waals surface area contributed by atoms with E-state index in [1.165, 1.54) is 48.5 Å². The lowest BCUT2D eigenvalue weighted by molar-refractivity contribution is -0.138. The first-order valence-corrected chi connectivity index (χ1v) is 17.2. The fraction of sp³-hybridized carbons (Fsp3) is 0.216. The van der Waals surface area contributed by atoms with Gasteiger partial charge in [0.05, 0.1) is 29.0 Å². The molecule has 0 fully saturated rings. The first-order valence-electron chi connectivity index (χ1n) is 16.9. The number of H-pyrrole nitrogens is 1. The number of benzene rings is 3. The van der Waals surface area contributed by atoms with Crippen LogP contribution in [0.15, 0.2) is 91.0 Å². The van der Waals surface area contributed by atoms with Crippen LogP contribution >= 0.6 is 11.6 Å². The Morgan fingerprint density at radius 3 is 1.38 bits per heavy atom. The Hall–Kier alpha value is -6.55. The van der Waals surface area contributed by atoms with Crippen molar-refractivity contribution in [1.29, 1.82) is 0 Å². The number of carbonyl (C=O) groups is 2. The van der Waals surface area contributed by atoms with Crippen molar-refractivity contribution in [2.45, 2.75) is 46.2 Å². The van der Waals surface area contributed by atoms with Crippen LogP contribution in [0.4, 0.5) is 49.1 Å². The van der Waals surface area contributed by atoms with Gasteiger partial charge in [0.25, 0.3) is 0 Å². The number of nitrogens with one attached hydrogen (secondary N) is 2. The van der Waals surface area contributed by atoms with E-state index < -0.39 is 46.6 Å². The highest BCUT2D eigenvalue weighted by atomic mass is 35.5. The Kier molecular flexibility index (Phi) is 15.0. The maximum atomic E-state index is 12.7. The minimum atomic E-state index is -4.47. The van der Waals surface area contributed by atoms with Gasteiger partial charge in [-0.15, -0.1) is 15.3 Å². The second-order valence-electron chi connectivity index (χ2n) is 11.9. The van der Waals surface area contributed by atoms with Gasteiger partial charge in [-0.05, 0) is 93.9 Å². The number of aromatic amines is 1. The zero-order valence-corrected chi connectivity index (χ0v) is 32.1. The molecular formula is C37H31ClF9N7O6. The van der Waals surface area contributed by atoms with Crippen LogP contribution in [0.1, 0.15) is 40.7 Å². The third-order valence-electron chi connectivity index (χ3n) is 7.23. The summed E-state index contributed by atoms with van der Waals surface area (Å²) in [7, 11) is 0. The smallest absolute Gasteiger partial charge is 0.416 e. The summed E-state index contributed by atoms with van der Waals surface area (Å²) in [6.45, 7) is 6.90. The standard InChI is InChI=1S/C14H14F3N3O3.C12H8ClF3N2O2.C11H9F3N2O/c1-3-22-19-13(21)20-9(2)7-12(18-20)23-11-6-4-5-10(8-11)14(15,16)17;1-7-5-10(17-18(7)11(13)19)20-9-4-2-3-8(6-9)12(14,15)16;1-7-5-10(16-15-7)17-9-4-2-3-8(6-9)11(12,13)14/h4-8H,3H2,1-2H3,(H,19,21);2-6H,1H3;2-6H,1H3,(H,15,16). The molecule has 0 radical (unpaired) electrons. The molecule has 0 bridgehead atoms. The van der Waals surface area contributed by atoms with Gasteiger partial charge in [0, 0.05) is 29.6 Å². The fourth-order valence-corrected chi connectivity index (χ4v) is 4.74. The van der Waals surface area contributed by atoms with Crippen molar-refractivity contribution in [3.63, 3.8) is 0 Å². The molecule has 1 amide bonds. The summed E-state index contributed by atoms with van der Waals surface area (Å²) in [5.41, 5.74) is 1.35. The number of aryl methyl sites for hydroxylation is 3. The quantitative estimate of drug-likeness (QED) is 0.0866. The number of aromatic nitrogens is 6. The number of ether oxygens (including phenoxy) is 3. The van der Waals surface area contributed by atoms with Crippen LogP contribution in [0.25, 0.3) is 0 Å². The number of carbonyl (C=O) groups excluding carboxylic acids is 2. The summed E-state index contributed by atoms with van der Waals surface area (Å²) >= 11 is 5.27. The third-order valence-corrected chi connectivity index (χ3v) is 7.39. The predicted octanol–water partition coefficient (Wildman–Crippen LogP) is 11.3. The molecule has 0 saturated heterocycles. The number of hydrogen-bond acceptors (Lipinski definition) is 9. The van der Waals surface area contributed by atoms with Gasteiger partial charge in [0.2, 0.25) is 17.6 Å². The zero-order chi connectivity index (χ0) is 44.4. The van der Waals surface area contributed by atoms with E-state index >= 15 is 0 Å². The number of amides is 1. The minimum Gasteiger partial charge on any atom is -0.438 e. The lowest BCUT2D eigenvalue weighted by Gasteiger charge is -2.08. The number of halogens is 10. The zero-order valence-electron chi connectivity index (χ0n) is 31.3. The fourth-order valence-electron chi connectivity index (χ4n) is 4.57. The van der Waals surface area contributed by atoms with Crippen LogP contribution in [0, 0.1) is 20.8 Å². The van der Waals surface area contributed by atoms with E-state index in [0.29, 0.717) is 11.4 Å². The van der Waals surface area contributed by atoms with Crippen molar-refractivity contribution in [1.82, 2.24) is 35.2 Å². The Balaban J connectivity index is 0.000000201. The largest absolute Gasteiger partial charge is 0.438 e. The van der Waals surface area contributed by atoms with Crippen molar-refractivity contribution >= 4 is 23.0 Å². The maximum Gasteiger partial charge on any atom is 0.416 e.